The zero-order valence-electron chi connectivity index (χ0n) is 17.7. The number of imide groups is 1. The Hall–Kier alpha value is -3.59. The van der Waals surface area contributed by atoms with Crippen LogP contribution >= 0.6 is 11.8 Å². The highest BCUT2D eigenvalue weighted by molar-refractivity contribution is 8.18. The normalized spacial score (nSPS) is 14.6. The molecular formula is C23H23N3O5S. The highest BCUT2D eigenvalue weighted by atomic mass is 32.2. The summed E-state index contributed by atoms with van der Waals surface area (Å²) in [7, 11) is 1.57. The molecule has 8 nitrogen and oxygen atoms in total. The number of ether oxygens (including phenoxy) is 1. The number of aryl methyl sites for hydroxylation is 1. The molecule has 0 spiro atoms. The molecule has 0 saturated carbocycles. The third-order valence-electron chi connectivity index (χ3n) is 4.74. The van der Waals surface area contributed by atoms with E-state index in [1.165, 1.54) is 0 Å². The van der Waals surface area contributed by atoms with Crippen molar-refractivity contribution >= 4 is 40.8 Å². The van der Waals surface area contributed by atoms with Crippen LogP contribution in [-0.2, 0) is 9.59 Å². The lowest BCUT2D eigenvalue weighted by Gasteiger charge is -2.13. The van der Waals surface area contributed by atoms with E-state index >= 15 is 0 Å². The maximum atomic E-state index is 12.5. The molecule has 4 amide bonds. The molecule has 1 aliphatic heterocycles. The van der Waals surface area contributed by atoms with E-state index in [1.807, 2.05) is 19.1 Å². The molecule has 1 aliphatic rings. The van der Waals surface area contributed by atoms with Crippen molar-refractivity contribution in [1.29, 1.82) is 0 Å². The van der Waals surface area contributed by atoms with Gasteiger partial charge in [0.25, 0.3) is 17.1 Å². The summed E-state index contributed by atoms with van der Waals surface area (Å²) in [6.45, 7) is 1.75. The van der Waals surface area contributed by atoms with Crippen molar-refractivity contribution in [3.8, 4) is 5.75 Å². The summed E-state index contributed by atoms with van der Waals surface area (Å²) >= 11 is 0.856. The lowest BCUT2D eigenvalue weighted by Crippen LogP contribution is -2.41. The van der Waals surface area contributed by atoms with E-state index in [0.717, 1.165) is 27.8 Å². The quantitative estimate of drug-likeness (QED) is 0.596. The maximum Gasteiger partial charge on any atom is 0.293 e. The summed E-state index contributed by atoms with van der Waals surface area (Å²) in [5.74, 6) is -0.459. The lowest BCUT2D eigenvalue weighted by molar-refractivity contribution is -0.124. The molecule has 1 saturated heterocycles. The minimum atomic E-state index is -0.410. The minimum absolute atomic E-state index is 0.0437. The van der Waals surface area contributed by atoms with E-state index in [1.54, 1.807) is 49.6 Å². The van der Waals surface area contributed by atoms with Crippen LogP contribution in [-0.4, -0.2) is 54.6 Å². The second-order valence-corrected chi connectivity index (χ2v) is 7.95. The maximum absolute atomic E-state index is 12.5. The number of carbonyl (C=O) groups is 4. The van der Waals surface area contributed by atoms with Gasteiger partial charge in [-0.25, -0.2) is 0 Å². The number of nitrogens with one attached hydrogen (secondary N) is 2. The van der Waals surface area contributed by atoms with Gasteiger partial charge in [0.1, 0.15) is 5.75 Å². The molecule has 32 heavy (non-hydrogen) atoms. The first kappa shape index (κ1) is 23.1. The number of hydrogen-bond acceptors (Lipinski definition) is 6. The predicted octanol–water partition coefficient (Wildman–Crippen LogP) is 2.59. The topological polar surface area (TPSA) is 105 Å². The molecule has 0 aliphatic carbocycles. The molecule has 0 radical (unpaired) electrons. The van der Waals surface area contributed by atoms with Crippen molar-refractivity contribution < 1.29 is 23.9 Å². The van der Waals surface area contributed by atoms with Gasteiger partial charge >= 0.3 is 0 Å². The molecule has 0 bridgehead atoms. The van der Waals surface area contributed by atoms with Crippen LogP contribution in [0.4, 0.5) is 4.79 Å². The van der Waals surface area contributed by atoms with Crippen LogP contribution < -0.4 is 15.4 Å². The van der Waals surface area contributed by atoms with E-state index < -0.39 is 17.1 Å². The molecule has 9 heteroatoms. The van der Waals surface area contributed by atoms with Crippen LogP contribution in [0.25, 0.3) is 6.08 Å². The van der Waals surface area contributed by atoms with E-state index in [0.29, 0.717) is 16.2 Å². The fraction of sp³-hybridized carbons (Fsp3) is 0.217. The molecule has 0 unspecified atom stereocenters. The monoisotopic (exact) mass is 453 g/mol. The first-order chi connectivity index (χ1) is 15.4. The Morgan fingerprint density at radius 1 is 1.06 bits per heavy atom. The lowest BCUT2D eigenvalue weighted by atomic mass is 10.1. The highest BCUT2D eigenvalue weighted by Crippen LogP contribution is 2.32. The van der Waals surface area contributed by atoms with Gasteiger partial charge in [-0.3, -0.25) is 24.1 Å². The fourth-order valence-electron chi connectivity index (χ4n) is 3.00. The van der Waals surface area contributed by atoms with Crippen molar-refractivity contribution in [2.75, 3.05) is 26.7 Å². The predicted molar refractivity (Wildman–Crippen MR) is 122 cm³/mol. The largest absolute Gasteiger partial charge is 0.497 e. The van der Waals surface area contributed by atoms with Crippen molar-refractivity contribution in [3.63, 3.8) is 0 Å². The third-order valence-corrected chi connectivity index (χ3v) is 5.65. The van der Waals surface area contributed by atoms with Gasteiger partial charge in [-0.1, -0.05) is 30.3 Å². The summed E-state index contributed by atoms with van der Waals surface area (Å²) in [6.07, 6.45) is 1.64. The summed E-state index contributed by atoms with van der Waals surface area (Å²) < 4.78 is 5.10. The SMILES string of the molecule is COc1ccc(C=C2SC(=O)N(CCNC(=O)CNC(=O)c3ccccc3C)C2=O)cc1. The Morgan fingerprint density at radius 2 is 1.78 bits per heavy atom. The smallest absolute Gasteiger partial charge is 0.293 e. The van der Waals surface area contributed by atoms with E-state index in [4.69, 9.17) is 4.74 Å². The van der Waals surface area contributed by atoms with Gasteiger partial charge in [0.05, 0.1) is 18.6 Å². The van der Waals surface area contributed by atoms with Gasteiger partial charge in [0.15, 0.2) is 0 Å². The Labute approximate surface area is 190 Å². The first-order valence-electron chi connectivity index (χ1n) is 9.89. The Balaban J connectivity index is 1.47. The number of carbonyl (C=O) groups excluding carboxylic acids is 4. The molecule has 2 aromatic carbocycles. The molecule has 0 aromatic heterocycles. The third kappa shape index (κ3) is 5.76. The van der Waals surface area contributed by atoms with Crippen LogP contribution in [0.5, 0.6) is 5.75 Å². The van der Waals surface area contributed by atoms with Gasteiger partial charge in [-0.05, 0) is 54.1 Å². The summed E-state index contributed by atoms with van der Waals surface area (Å²) in [5, 5.41) is 4.77. The first-order valence-corrected chi connectivity index (χ1v) is 10.7. The fourth-order valence-corrected chi connectivity index (χ4v) is 3.86. The number of amides is 4. The van der Waals surface area contributed by atoms with Crippen molar-refractivity contribution in [2.24, 2.45) is 0 Å². The van der Waals surface area contributed by atoms with Gasteiger partial charge in [-0.2, -0.15) is 0 Å². The summed E-state index contributed by atoms with van der Waals surface area (Å²) in [5.41, 5.74) is 2.09. The molecular weight excluding hydrogens is 430 g/mol. The van der Waals surface area contributed by atoms with E-state index in [2.05, 4.69) is 10.6 Å². The van der Waals surface area contributed by atoms with Gasteiger partial charge in [0, 0.05) is 18.7 Å². The number of benzene rings is 2. The molecule has 1 heterocycles. The second kappa shape index (κ2) is 10.6. The highest BCUT2D eigenvalue weighted by Gasteiger charge is 2.34. The molecule has 3 rings (SSSR count). The molecule has 2 aromatic rings. The molecule has 2 N–H and O–H groups in total. The van der Waals surface area contributed by atoms with Gasteiger partial charge in [-0.15, -0.1) is 0 Å². The average molecular weight is 454 g/mol. The minimum Gasteiger partial charge on any atom is -0.497 e. The zero-order chi connectivity index (χ0) is 23.1. The molecule has 0 atom stereocenters. The van der Waals surface area contributed by atoms with E-state index in [9.17, 15) is 19.2 Å². The number of thioether (sulfide) groups is 1. The number of rotatable bonds is 8. The van der Waals surface area contributed by atoms with Crippen molar-refractivity contribution in [2.45, 2.75) is 6.92 Å². The summed E-state index contributed by atoms with van der Waals surface area (Å²) in [6, 6.07) is 14.2. The molecule has 166 valence electrons. The molecule has 1 fully saturated rings. The van der Waals surface area contributed by atoms with Crippen LogP contribution in [0.3, 0.4) is 0 Å². The Morgan fingerprint density at radius 3 is 2.47 bits per heavy atom. The number of hydrogen-bond donors (Lipinski definition) is 2. The van der Waals surface area contributed by atoms with Crippen LogP contribution in [0.2, 0.25) is 0 Å². The van der Waals surface area contributed by atoms with Crippen molar-refractivity contribution in [3.05, 3.63) is 70.1 Å². The zero-order valence-corrected chi connectivity index (χ0v) is 18.5. The summed E-state index contributed by atoms with van der Waals surface area (Å²) in [4.78, 5) is 50.3. The number of nitrogens with zero attached hydrogens (tertiary/aromatic N) is 1. The van der Waals surface area contributed by atoms with Gasteiger partial charge in [0.2, 0.25) is 5.91 Å². The Kier molecular flexibility index (Phi) is 7.67. The second-order valence-electron chi connectivity index (χ2n) is 6.95. The number of methoxy groups -OCH3 is 1. The standard InChI is InChI=1S/C23H23N3O5S/c1-15-5-3-4-6-18(15)21(28)25-14-20(27)24-11-12-26-22(29)19(32-23(26)30)13-16-7-9-17(31-2)10-8-16/h3-10,13H,11-12,14H2,1-2H3,(H,24,27)(H,25,28). The van der Waals surface area contributed by atoms with Crippen LogP contribution in [0, 0.1) is 6.92 Å². The van der Waals surface area contributed by atoms with Gasteiger partial charge < -0.3 is 15.4 Å². The Bertz CT molecular complexity index is 1070. The van der Waals surface area contributed by atoms with Crippen LogP contribution in [0.15, 0.2) is 53.4 Å². The van der Waals surface area contributed by atoms with Crippen molar-refractivity contribution in [1.82, 2.24) is 15.5 Å². The average Bonchev–Trinajstić information content (AvgIpc) is 3.05. The van der Waals surface area contributed by atoms with E-state index in [-0.39, 0.29) is 25.5 Å². The van der Waals surface area contributed by atoms with Crippen LogP contribution in [0.1, 0.15) is 21.5 Å².